The maximum Gasteiger partial charge on any atom is 1.00 e. The fourth-order valence-electron chi connectivity index (χ4n) is 7.41. The molecule has 0 aromatic carbocycles. The van der Waals surface area contributed by atoms with E-state index in [9.17, 15) is 9.90 Å². The van der Waals surface area contributed by atoms with E-state index in [1.807, 2.05) is 0 Å². The van der Waals surface area contributed by atoms with E-state index < -0.39 is 5.97 Å². The summed E-state index contributed by atoms with van der Waals surface area (Å²) < 4.78 is 0. The van der Waals surface area contributed by atoms with Crippen LogP contribution < -0.4 is 24.0 Å². The smallest absolute Gasteiger partial charge is 0.550 e. The molecule has 0 aliphatic heterocycles. The van der Waals surface area contributed by atoms with E-state index in [1.54, 1.807) is 0 Å². The van der Waals surface area contributed by atoms with Crippen molar-refractivity contribution < 1.29 is 28.8 Å². The monoisotopic (exact) mass is 684 g/mol. The molecule has 0 saturated carbocycles. The van der Waals surface area contributed by atoms with Crippen molar-refractivity contribution in [3.63, 3.8) is 0 Å². The number of hydrogen-bond acceptors (Lipinski definition) is 3. The van der Waals surface area contributed by atoms with Gasteiger partial charge in [0.2, 0.25) is 0 Å². The number of nitrogens with zero attached hydrogens (tertiary/aromatic N) is 1. The van der Waals surface area contributed by atoms with Crippen molar-refractivity contribution >= 4 is 5.97 Å². The van der Waals surface area contributed by atoms with Gasteiger partial charge in [0.05, 0.1) is 0 Å². The molecule has 0 radical (unpaired) electrons. The van der Waals surface area contributed by atoms with Gasteiger partial charge in [0.15, 0.2) is 0 Å². The molecule has 0 N–H and O–H groups in total. The summed E-state index contributed by atoms with van der Waals surface area (Å²) in [5.41, 5.74) is 0. The summed E-state index contributed by atoms with van der Waals surface area (Å²) in [6.07, 6.45) is 53.7. The Labute approximate surface area is 322 Å². The van der Waals surface area contributed by atoms with Crippen LogP contribution in [0.3, 0.4) is 0 Å². The van der Waals surface area contributed by atoms with Gasteiger partial charge in [0.1, 0.15) is 0 Å². The molecule has 0 aromatic heterocycles. The first-order valence-corrected chi connectivity index (χ1v) is 22.6. The normalized spacial score (nSPS) is 11.4. The average molecular weight is 684 g/mol. The number of carbonyl (C=O) groups excluding carboxylic acids is 1. The summed E-state index contributed by atoms with van der Waals surface area (Å²) in [6, 6.07) is 0. The van der Waals surface area contributed by atoms with Crippen molar-refractivity contribution in [3.8, 4) is 0 Å². The molecule has 4 heteroatoms. The molecule has 0 heterocycles. The molecular formula is C45H90LiNO2. The Morgan fingerprint density at radius 3 is 0.694 bits per heavy atom. The van der Waals surface area contributed by atoms with E-state index in [-0.39, 0.29) is 25.3 Å². The van der Waals surface area contributed by atoms with Crippen LogP contribution >= 0.6 is 0 Å². The molecule has 0 unspecified atom stereocenters. The molecule has 0 spiro atoms. The van der Waals surface area contributed by atoms with Gasteiger partial charge in [-0.3, -0.25) is 0 Å². The van der Waals surface area contributed by atoms with E-state index in [2.05, 4.69) is 18.7 Å². The van der Waals surface area contributed by atoms with Crippen molar-refractivity contribution in [2.45, 2.75) is 264 Å². The molecule has 0 saturated heterocycles. The molecule has 0 amide bonds. The van der Waals surface area contributed by atoms with Crippen LogP contribution in [0, 0.1) is 0 Å². The predicted octanol–water partition coefficient (Wildman–Crippen LogP) is 11.3. The second kappa shape index (κ2) is 46.0. The third-order valence-electron chi connectivity index (χ3n) is 10.8. The fourth-order valence-corrected chi connectivity index (χ4v) is 7.41. The van der Waals surface area contributed by atoms with Crippen LogP contribution in [0.1, 0.15) is 264 Å². The Balaban J connectivity index is 0. The Kier molecular flexibility index (Phi) is 48.1. The number of aliphatic carboxylic acids is 1. The van der Waals surface area contributed by atoms with Gasteiger partial charge in [-0.1, -0.05) is 245 Å². The number of carboxylic acids is 1. The molecule has 0 aliphatic rings. The summed E-state index contributed by atoms with van der Waals surface area (Å²) in [6.45, 7) is 7.38. The molecular weight excluding hydrogens is 593 g/mol. The van der Waals surface area contributed by atoms with Crippen LogP contribution in [0.15, 0.2) is 0 Å². The topological polar surface area (TPSA) is 43.4 Å². The summed E-state index contributed by atoms with van der Waals surface area (Å²) in [5.74, 6) is -0.902. The second-order valence-electron chi connectivity index (χ2n) is 15.7. The molecule has 49 heavy (non-hydrogen) atoms. The zero-order valence-corrected chi connectivity index (χ0v) is 34.5. The third-order valence-corrected chi connectivity index (χ3v) is 10.8. The first kappa shape index (κ1) is 51.1. The SMILES string of the molecule is CCCCCCCCCCCCCCCCCCCCCN(CCCCCCCCCCCCCCCCCCCCC)CCC(=O)[O-].[Li+]. The van der Waals surface area contributed by atoms with Gasteiger partial charge >= 0.3 is 18.9 Å². The first-order chi connectivity index (χ1) is 23.7. The van der Waals surface area contributed by atoms with E-state index >= 15 is 0 Å². The van der Waals surface area contributed by atoms with Gasteiger partial charge in [-0.15, -0.1) is 0 Å². The molecule has 288 valence electrons. The van der Waals surface area contributed by atoms with Crippen LogP contribution in [-0.4, -0.2) is 30.5 Å². The van der Waals surface area contributed by atoms with Gasteiger partial charge < -0.3 is 14.8 Å². The molecule has 0 aliphatic carbocycles. The largest absolute Gasteiger partial charge is 1.00 e. The average Bonchev–Trinajstić information content (AvgIpc) is 3.08. The second-order valence-corrected chi connectivity index (χ2v) is 15.7. The van der Waals surface area contributed by atoms with Gasteiger partial charge in [-0.25, -0.2) is 0 Å². The minimum absolute atomic E-state index is 0. The van der Waals surface area contributed by atoms with E-state index in [0.717, 1.165) is 13.1 Å². The van der Waals surface area contributed by atoms with Crippen molar-refractivity contribution in [1.29, 1.82) is 0 Å². The molecule has 0 rings (SSSR count). The minimum atomic E-state index is -0.902. The quantitative estimate of drug-likeness (QED) is 0.0474. The Morgan fingerprint density at radius 2 is 0.510 bits per heavy atom. The summed E-state index contributed by atoms with van der Waals surface area (Å²) in [7, 11) is 0. The summed E-state index contributed by atoms with van der Waals surface area (Å²) in [5, 5.41) is 11.1. The molecule has 0 fully saturated rings. The number of unbranched alkanes of at least 4 members (excludes halogenated alkanes) is 36. The van der Waals surface area contributed by atoms with E-state index in [1.165, 1.54) is 244 Å². The zero-order chi connectivity index (χ0) is 34.9. The zero-order valence-electron chi connectivity index (χ0n) is 34.5. The van der Waals surface area contributed by atoms with Crippen molar-refractivity contribution in [3.05, 3.63) is 0 Å². The van der Waals surface area contributed by atoms with Crippen LogP contribution in [0.4, 0.5) is 0 Å². The maximum atomic E-state index is 11.1. The number of hydrogen-bond donors (Lipinski definition) is 0. The van der Waals surface area contributed by atoms with Gasteiger partial charge in [-0.05, 0) is 32.4 Å². The standard InChI is InChI=1S/C45H91NO2.Li/c1-3-5-7-9-11-13-15-17-19-21-23-25-27-29-31-33-35-37-39-42-46(44-41-45(47)48)43-40-38-36-34-32-30-28-26-24-22-20-18-16-14-12-10-8-6-4-2;/h3-44H2,1-2H3,(H,47,48);/q;+1/p-1. The van der Waals surface area contributed by atoms with Crippen molar-refractivity contribution in [2.24, 2.45) is 0 Å². The number of carbonyl (C=O) groups is 1. The molecule has 3 nitrogen and oxygen atoms in total. The van der Waals surface area contributed by atoms with E-state index in [0.29, 0.717) is 6.54 Å². The van der Waals surface area contributed by atoms with Crippen LogP contribution in [-0.2, 0) is 4.79 Å². The fraction of sp³-hybridized carbons (Fsp3) is 0.978. The minimum Gasteiger partial charge on any atom is -0.550 e. The number of carboxylic acid groups (broad SMARTS) is 1. The Hall–Kier alpha value is 0.0274. The van der Waals surface area contributed by atoms with Gasteiger partial charge in [0, 0.05) is 12.5 Å². The van der Waals surface area contributed by atoms with Crippen LogP contribution in [0.5, 0.6) is 0 Å². The van der Waals surface area contributed by atoms with Gasteiger partial charge in [0.25, 0.3) is 0 Å². The Bertz CT molecular complexity index is 559. The predicted molar refractivity (Wildman–Crippen MR) is 213 cm³/mol. The third kappa shape index (κ3) is 46.0. The molecule has 0 bridgehead atoms. The van der Waals surface area contributed by atoms with Crippen molar-refractivity contribution in [2.75, 3.05) is 19.6 Å². The van der Waals surface area contributed by atoms with Crippen molar-refractivity contribution in [1.82, 2.24) is 4.90 Å². The van der Waals surface area contributed by atoms with Gasteiger partial charge in [-0.2, -0.15) is 0 Å². The van der Waals surface area contributed by atoms with E-state index in [4.69, 9.17) is 0 Å². The summed E-state index contributed by atoms with van der Waals surface area (Å²) in [4.78, 5) is 13.5. The Morgan fingerprint density at radius 1 is 0.327 bits per heavy atom. The molecule has 0 atom stereocenters. The summed E-state index contributed by atoms with van der Waals surface area (Å²) >= 11 is 0. The van der Waals surface area contributed by atoms with Crippen LogP contribution in [0.2, 0.25) is 0 Å². The van der Waals surface area contributed by atoms with Crippen LogP contribution in [0.25, 0.3) is 0 Å². The maximum absolute atomic E-state index is 11.1. The first-order valence-electron chi connectivity index (χ1n) is 22.6. The molecule has 0 aromatic rings. The number of rotatable bonds is 43.